The van der Waals surface area contributed by atoms with Crippen LogP contribution in [0.2, 0.25) is 0 Å². The first-order valence-corrected chi connectivity index (χ1v) is 7.15. The molecule has 0 bridgehead atoms. The highest BCUT2D eigenvalue weighted by Crippen LogP contribution is 2.45. The maximum Gasteiger partial charge on any atom is 0.417 e. The summed E-state index contributed by atoms with van der Waals surface area (Å²) in [4.78, 5) is 7.63. The molecule has 1 unspecified atom stereocenters. The molecule has 1 atom stereocenters. The van der Waals surface area contributed by atoms with Gasteiger partial charge < -0.3 is 0 Å². The summed E-state index contributed by atoms with van der Waals surface area (Å²) in [7, 11) is 0. The third-order valence-corrected chi connectivity index (χ3v) is 4.11. The third kappa shape index (κ3) is 1.99. The van der Waals surface area contributed by atoms with Gasteiger partial charge in [-0.25, -0.2) is 18.7 Å². The van der Waals surface area contributed by atoms with Crippen molar-refractivity contribution in [3.63, 3.8) is 0 Å². The summed E-state index contributed by atoms with van der Waals surface area (Å²) in [6.07, 6.45) is -5.74. The molecule has 0 fully saturated rings. The topological polar surface area (TPSA) is 30.7 Å². The fourth-order valence-corrected chi connectivity index (χ4v) is 3.13. The molecule has 3 heterocycles. The molecular formula is C14H5BrF5N3. The molecule has 0 saturated heterocycles. The zero-order valence-corrected chi connectivity index (χ0v) is 12.6. The van der Waals surface area contributed by atoms with Crippen LogP contribution < -0.4 is 0 Å². The number of hydrogen-bond acceptors (Lipinski definition) is 2. The van der Waals surface area contributed by atoms with E-state index in [0.29, 0.717) is 10.7 Å². The van der Waals surface area contributed by atoms with Gasteiger partial charge in [0.15, 0.2) is 5.65 Å². The number of halogens is 6. The van der Waals surface area contributed by atoms with Gasteiger partial charge in [-0.1, -0.05) is 15.9 Å². The Bertz CT molecular complexity index is 963. The summed E-state index contributed by atoms with van der Waals surface area (Å²) in [5, 5.41) is 0. The van der Waals surface area contributed by atoms with E-state index in [2.05, 4.69) is 25.9 Å². The molecule has 3 aromatic rings. The van der Waals surface area contributed by atoms with Crippen LogP contribution in [0.15, 0.2) is 28.9 Å². The number of fused-ring (bicyclic) bond motifs is 5. The Morgan fingerprint density at radius 2 is 1.91 bits per heavy atom. The molecule has 1 aliphatic heterocycles. The Kier molecular flexibility index (Phi) is 2.85. The average Bonchev–Trinajstić information content (AvgIpc) is 2.93. The predicted molar refractivity (Wildman–Crippen MR) is 74.9 cm³/mol. The standard InChI is InChI=1S/C14H5BrF5N3/c15-6-2-7-10(8(16)3-6)13-22-9-1-5(14(18,19)20)4-21-12(9)23(13)11(7)17/h1-4,11H. The SMILES string of the molecule is Fc1cc(Br)cc2c1-c1nc3cc(C(F)(F)F)cnc3n1C2F. The minimum Gasteiger partial charge on any atom is -0.273 e. The predicted octanol–water partition coefficient (Wildman–Crippen LogP) is 4.85. The van der Waals surface area contributed by atoms with Gasteiger partial charge in [-0.05, 0) is 18.2 Å². The summed E-state index contributed by atoms with van der Waals surface area (Å²) >= 11 is 3.08. The van der Waals surface area contributed by atoms with E-state index in [9.17, 15) is 22.0 Å². The maximum absolute atomic E-state index is 14.6. The first-order chi connectivity index (χ1) is 10.8. The summed E-state index contributed by atoms with van der Waals surface area (Å²) in [5.74, 6) is -0.776. The van der Waals surface area contributed by atoms with Crippen LogP contribution in [-0.2, 0) is 6.18 Å². The molecule has 0 radical (unpaired) electrons. The number of nitrogens with zero attached hydrogens (tertiary/aromatic N) is 3. The average molecular weight is 390 g/mol. The molecule has 1 aliphatic rings. The van der Waals surface area contributed by atoms with Gasteiger partial charge in [-0.2, -0.15) is 13.2 Å². The highest BCUT2D eigenvalue weighted by Gasteiger charge is 2.37. The van der Waals surface area contributed by atoms with Crippen molar-refractivity contribution >= 4 is 27.1 Å². The van der Waals surface area contributed by atoms with E-state index in [1.807, 2.05) is 0 Å². The monoisotopic (exact) mass is 389 g/mol. The van der Waals surface area contributed by atoms with Crippen LogP contribution in [0.4, 0.5) is 22.0 Å². The van der Waals surface area contributed by atoms with Crippen molar-refractivity contribution in [2.24, 2.45) is 0 Å². The summed E-state index contributed by atoms with van der Waals surface area (Å²) < 4.78 is 68.3. The molecule has 3 nitrogen and oxygen atoms in total. The Morgan fingerprint density at radius 1 is 1.17 bits per heavy atom. The van der Waals surface area contributed by atoms with Crippen molar-refractivity contribution in [3.05, 3.63) is 45.8 Å². The Hall–Kier alpha value is -2.03. The fraction of sp³-hybridized carbons (Fsp3) is 0.143. The van der Waals surface area contributed by atoms with Crippen molar-refractivity contribution in [3.8, 4) is 11.4 Å². The van der Waals surface area contributed by atoms with Gasteiger partial charge in [0.05, 0.1) is 11.1 Å². The fourth-order valence-electron chi connectivity index (χ4n) is 2.68. The number of aromatic nitrogens is 3. The lowest BCUT2D eigenvalue weighted by Gasteiger charge is -2.08. The maximum atomic E-state index is 14.6. The number of rotatable bonds is 0. The van der Waals surface area contributed by atoms with Crippen LogP contribution in [0.25, 0.3) is 22.6 Å². The molecule has 23 heavy (non-hydrogen) atoms. The zero-order valence-electron chi connectivity index (χ0n) is 11.0. The first-order valence-electron chi connectivity index (χ1n) is 6.36. The number of imidazole rings is 1. The van der Waals surface area contributed by atoms with Crippen LogP contribution in [0.3, 0.4) is 0 Å². The van der Waals surface area contributed by atoms with Gasteiger partial charge in [-0.3, -0.25) is 4.57 Å². The van der Waals surface area contributed by atoms with E-state index in [4.69, 9.17) is 0 Å². The molecule has 0 spiro atoms. The van der Waals surface area contributed by atoms with Gasteiger partial charge in [0.1, 0.15) is 17.2 Å². The van der Waals surface area contributed by atoms with E-state index in [0.717, 1.165) is 16.7 Å². The van der Waals surface area contributed by atoms with Gasteiger partial charge in [0.25, 0.3) is 0 Å². The Morgan fingerprint density at radius 3 is 2.61 bits per heavy atom. The number of pyridine rings is 1. The molecule has 1 aromatic carbocycles. The minimum atomic E-state index is -4.58. The van der Waals surface area contributed by atoms with Crippen LogP contribution in [0.5, 0.6) is 0 Å². The van der Waals surface area contributed by atoms with Crippen LogP contribution in [0.1, 0.15) is 17.4 Å². The molecule has 118 valence electrons. The lowest BCUT2D eigenvalue weighted by atomic mass is 10.1. The quantitative estimate of drug-likeness (QED) is 0.514. The van der Waals surface area contributed by atoms with Crippen LogP contribution in [-0.4, -0.2) is 14.5 Å². The van der Waals surface area contributed by atoms with Crippen LogP contribution >= 0.6 is 15.9 Å². The Balaban J connectivity index is 2.01. The number of alkyl halides is 4. The smallest absolute Gasteiger partial charge is 0.273 e. The molecular weight excluding hydrogens is 385 g/mol. The molecule has 0 saturated carbocycles. The molecule has 2 aromatic heterocycles. The van der Waals surface area contributed by atoms with Crippen molar-refractivity contribution in [1.82, 2.24) is 14.5 Å². The zero-order chi connectivity index (χ0) is 16.5. The lowest BCUT2D eigenvalue weighted by molar-refractivity contribution is -0.137. The molecule has 0 amide bonds. The Labute approximate surface area is 133 Å². The minimum absolute atomic E-state index is 0.0583. The molecule has 0 aliphatic carbocycles. The molecule has 4 rings (SSSR count). The van der Waals surface area contributed by atoms with E-state index in [-0.39, 0.29) is 28.1 Å². The number of benzene rings is 1. The van der Waals surface area contributed by atoms with Gasteiger partial charge >= 0.3 is 6.18 Å². The van der Waals surface area contributed by atoms with E-state index in [1.165, 1.54) is 6.07 Å². The number of hydrogen-bond donors (Lipinski definition) is 0. The van der Waals surface area contributed by atoms with Crippen LogP contribution in [0, 0.1) is 5.82 Å². The summed E-state index contributed by atoms with van der Waals surface area (Å²) in [6.45, 7) is 0. The van der Waals surface area contributed by atoms with Crippen molar-refractivity contribution in [1.29, 1.82) is 0 Å². The molecule has 0 N–H and O–H groups in total. The van der Waals surface area contributed by atoms with E-state index in [1.54, 1.807) is 0 Å². The first kappa shape index (κ1) is 14.6. The van der Waals surface area contributed by atoms with Crippen molar-refractivity contribution in [2.75, 3.05) is 0 Å². The highest BCUT2D eigenvalue weighted by atomic mass is 79.9. The van der Waals surface area contributed by atoms with Gasteiger partial charge in [0.2, 0.25) is 6.30 Å². The van der Waals surface area contributed by atoms with Gasteiger partial charge in [0, 0.05) is 16.2 Å². The normalized spacial score (nSPS) is 16.7. The third-order valence-electron chi connectivity index (χ3n) is 3.65. The largest absolute Gasteiger partial charge is 0.417 e. The van der Waals surface area contributed by atoms with Crippen molar-refractivity contribution in [2.45, 2.75) is 12.5 Å². The molecule has 9 heteroatoms. The second kappa shape index (κ2) is 4.50. The second-order valence-electron chi connectivity index (χ2n) is 5.06. The summed E-state index contributed by atoms with van der Waals surface area (Å²) in [5.41, 5.74) is -1.19. The highest BCUT2D eigenvalue weighted by molar-refractivity contribution is 9.10. The second-order valence-corrected chi connectivity index (χ2v) is 5.97. The van der Waals surface area contributed by atoms with E-state index >= 15 is 0 Å². The van der Waals surface area contributed by atoms with Gasteiger partial charge in [-0.15, -0.1) is 0 Å². The van der Waals surface area contributed by atoms with Crippen molar-refractivity contribution < 1.29 is 22.0 Å². The lowest BCUT2D eigenvalue weighted by Crippen LogP contribution is -2.06. The van der Waals surface area contributed by atoms with E-state index < -0.39 is 23.9 Å². The summed E-state index contributed by atoms with van der Waals surface area (Å²) in [6, 6.07) is 3.33.